The third kappa shape index (κ3) is 5.44. The molecule has 0 saturated carbocycles. The minimum Gasteiger partial charge on any atom is -0.204 e. The molecule has 0 bridgehead atoms. The molecule has 1 nitrogen and oxygen atoms in total. The summed E-state index contributed by atoms with van der Waals surface area (Å²) in [7, 11) is 0. The SMILES string of the molecule is CCCCc1ccc(C#CCC[n+]2ccc(C)cc2)cc1. The van der Waals surface area contributed by atoms with E-state index in [1.807, 2.05) is 0 Å². The molecule has 0 aliphatic rings. The molecule has 1 heterocycles. The van der Waals surface area contributed by atoms with Crippen LogP contribution in [0.15, 0.2) is 48.8 Å². The molecule has 21 heavy (non-hydrogen) atoms. The van der Waals surface area contributed by atoms with Crippen molar-refractivity contribution < 1.29 is 4.57 Å². The Morgan fingerprint density at radius 2 is 1.71 bits per heavy atom. The number of unbranched alkanes of at least 4 members (excludes halogenated alkanes) is 1. The highest BCUT2D eigenvalue weighted by Crippen LogP contribution is 2.07. The van der Waals surface area contributed by atoms with Gasteiger partial charge in [-0.05, 0) is 43.0 Å². The molecule has 0 N–H and O–H groups in total. The van der Waals surface area contributed by atoms with E-state index in [1.165, 1.54) is 30.4 Å². The Bertz CT molecular complexity index is 597. The normalized spacial score (nSPS) is 10.0. The molecule has 0 saturated heterocycles. The largest absolute Gasteiger partial charge is 0.204 e. The monoisotopic (exact) mass is 278 g/mol. The van der Waals surface area contributed by atoms with E-state index in [4.69, 9.17) is 0 Å². The Labute approximate surface area is 128 Å². The van der Waals surface area contributed by atoms with Crippen molar-refractivity contribution in [3.05, 3.63) is 65.5 Å². The lowest BCUT2D eigenvalue weighted by Gasteiger charge is -1.99. The van der Waals surface area contributed by atoms with E-state index in [1.54, 1.807) is 0 Å². The lowest BCUT2D eigenvalue weighted by atomic mass is 10.1. The Hall–Kier alpha value is -2.07. The number of aromatic nitrogens is 1. The fourth-order valence-corrected chi connectivity index (χ4v) is 2.17. The zero-order chi connectivity index (χ0) is 14.9. The molecule has 108 valence electrons. The van der Waals surface area contributed by atoms with Gasteiger partial charge in [-0.3, -0.25) is 0 Å². The van der Waals surface area contributed by atoms with Gasteiger partial charge in [0.25, 0.3) is 0 Å². The van der Waals surface area contributed by atoms with E-state index >= 15 is 0 Å². The molecule has 0 aliphatic heterocycles. The Balaban J connectivity index is 1.83. The average Bonchev–Trinajstić information content (AvgIpc) is 2.52. The maximum Gasteiger partial charge on any atom is 0.169 e. The molecule has 0 fully saturated rings. The van der Waals surface area contributed by atoms with Gasteiger partial charge in [0.15, 0.2) is 18.9 Å². The van der Waals surface area contributed by atoms with Crippen molar-refractivity contribution in [3.8, 4) is 11.8 Å². The van der Waals surface area contributed by atoms with Gasteiger partial charge in [0.1, 0.15) is 0 Å². The van der Waals surface area contributed by atoms with Crippen LogP contribution < -0.4 is 4.57 Å². The van der Waals surface area contributed by atoms with Crippen LogP contribution in [0.3, 0.4) is 0 Å². The third-order valence-corrected chi connectivity index (χ3v) is 3.56. The predicted octanol–water partition coefficient (Wildman–Crippen LogP) is 4.07. The molecule has 0 spiro atoms. The molecule has 2 rings (SSSR count). The second-order valence-electron chi connectivity index (χ2n) is 5.47. The van der Waals surface area contributed by atoms with Crippen LogP contribution in [0.5, 0.6) is 0 Å². The second kappa shape index (κ2) is 8.27. The average molecular weight is 278 g/mol. The number of aryl methyl sites for hydroxylation is 3. The molecular weight excluding hydrogens is 254 g/mol. The van der Waals surface area contributed by atoms with E-state index in [0.29, 0.717) is 0 Å². The van der Waals surface area contributed by atoms with E-state index in [0.717, 1.165) is 18.5 Å². The molecule has 1 heteroatoms. The molecular formula is C20H24N+. The molecule has 0 radical (unpaired) electrons. The number of benzene rings is 1. The molecule has 0 atom stereocenters. The lowest BCUT2D eigenvalue weighted by Crippen LogP contribution is -2.32. The molecule has 0 amide bonds. The molecule has 0 aliphatic carbocycles. The van der Waals surface area contributed by atoms with Crippen molar-refractivity contribution in [3.63, 3.8) is 0 Å². The van der Waals surface area contributed by atoms with Crippen LogP contribution in [0.25, 0.3) is 0 Å². The molecule has 2 aromatic rings. The second-order valence-corrected chi connectivity index (χ2v) is 5.47. The fraction of sp³-hybridized carbons (Fsp3) is 0.350. The highest BCUT2D eigenvalue weighted by molar-refractivity contribution is 5.36. The van der Waals surface area contributed by atoms with Crippen LogP contribution in [0, 0.1) is 18.8 Å². The minimum atomic E-state index is 0.880. The zero-order valence-corrected chi connectivity index (χ0v) is 13.1. The first-order valence-corrected chi connectivity index (χ1v) is 7.81. The van der Waals surface area contributed by atoms with Crippen LogP contribution in [0.1, 0.15) is 42.9 Å². The van der Waals surface area contributed by atoms with Crippen LogP contribution in [-0.4, -0.2) is 0 Å². The smallest absolute Gasteiger partial charge is 0.169 e. The van der Waals surface area contributed by atoms with Gasteiger partial charge in [0, 0.05) is 17.7 Å². The van der Waals surface area contributed by atoms with Gasteiger partial charge in [0.2, 0.25) is 0 Å². The summed E-state index contributed by atoms with van der Waals surface area (Å²) in [6, 6.07) is 12.9. The van der Waals surface area contributed by atoms with Gasteiger partial charge in [0.05, 0.1) is 6.42 Å². The van der Waals surface area contributed by atoms with E-state index < -0.39 is 0 Å². The Morgan fingerprint density at radius 1 is 1.00 bits per heavy atom. The summed E-state index contributed by atoms with van der Waals surface area (Å²) in [6.07, 6.45) is 8.79. The first-order chi connectivity index (χ1) is 10.3. The summed E-state index contributed by atoms with van der Waals surface area (Å²) in [4.78, 5) is 0. The Kier molecular flexibility index (Phi) is 6.03. The van der Waals surface area contributed by atoms with Crippen molar-refractivity contribution in [2.75, 3.05) is 0 Å². The lowest BCUT2D eigenvalue weighted by molar-refractivity contribution is -0.696. The Morgan fingerprint density at radius 3 is 2.38 bits per heavy atom. The van der Waals surface area contributed by atoms with Crippen LogP contribution in [0.4, 0.5) is 0 Å². The fourth-order valence-electron chi connectivity index (χ4n) is 2.17. The van der Waals surface area contributed by atoms with E-state index in [2.05, 4.69) is 79.0 Å². The van der Waals surface area contributed by atoms with Crippen molar-refractivity contribution in [2.24, 2.45) is 0 Å². The maximum atomic E-state index is 3.26. The van der Waals surface area contributed by atoms with Gasteiger partial charge >= 0.3 is 0 Å². The van der Waals surface area contributed by atoms with Gasteiger partial charge in [-0.25, -0.2) is 4.57 Å². The van der Waals surface area contributed by atoms with Crippen LogP contribution >= 0.6 is 0 Å². The summed E-state index contributed by atoms with van der Waals surface area (Å²) in [6.45, 7) is 5.28. The quantitative estimate of drug-likeness (QED) is 0.573. The van der Waals surface area contributed by atoms with Gasteiger partial charge in [-0.15, -0.1) is 0 Å². The molecule has 1 aromatic carbocycles. The highest BCUT2D eigenvalue weighted by Gasteiger charge is 1.96. The standard InChI is InChI=1S/C20H24N/c1-3-4-7-19-9-11-20(12-10-19)8-5-6-15-21-16-13-18(2)14-17-21/h9-14,16-17H,3-4,6-7,15H2,1-2H3/q+1. The highest BCUT2D eigenvalue weighted by atomic mass is 14.9. The van der Waals surface area contributed by atoms with Gasteiger partial charge in [-0.1, -0.05) is 37.3 Å². The van der Waals surface area contributed by atoms with Crippen LogP contribution in [0.2, 0.25) is 0 Å². The third-order valence-electron chi connectivity index (χ3n) is 3.56. The van der Waals surface area contributed by atoms with E-state index in [-0.39, 0.29) is 0 Å². The first-order valence-electron chi connectivity index (χ1n) is 7.81. The number of hydrogen-bond acceptors (Lipinski definition) is 0. The van der Waals surface area contributed by atoms with Crippen molar-refractivity contribution in [2.45, 2.75) is 46.1 Å². The van der Waals surface area contributed by atoms with Crippen LogP contribution in [-0.2, 0) is 13.0 Å². The number of nitrogens with zero attached hydrogens (tertiary/aromatic N) is 1. The van der Waals surface area contributed by atoms with Gasteiger partial charge in [-0.2, -0.15) is 0 Å². The maximum absolute atomic E-state index is 3.26. The summed E-state index contributed by atoms with van der Waals surface area (Å²) in [5.41, 5.74) is 3.82. The molecule has 1 aromatic heterocycles. The number of pyridine rings is 1. The number of rotatable bonds is 5. The zero-order valence-electron chi connectivity index (χ0n) is 13.1. The van der Waals surface area contributed by atoms with Crippen molar-refractivity contribution >= 4 is 0 Å². The van der Waals surface area contributed by atoms with E-state index in [9.17, 15) is 0 Å². The summed E-state index contributed by atoms with van der Waals surface area (Å²) >= 11 is 0. The number of hydrogen-bond donors (Lipinski definition) is 0. The summed E-state index contributed by atoms with van der Waals surface area (Å²) in [5, 5.41) is 0. The predicted molar refractivity (Wildman–Crippen MR) is 87.9 cm³/mol. The molecule has 0 unspecified atom stereocenters. The summed E-state index contributed by atoms with van der Waals surface area (Å²) in [5.74, 6) is 6.50. The minimum absolute atomic E-state index is 0.880. The topological polar surface area (TPSA) is 3.88 Å². The first kappa shape index (κ1) is 15.3. The summed E-state index contributed by atoms with van der Waals surface area (Å²) < 4.78 is 2.18. The van der Waals surface area contributed by atoms with Crippen molar-refractivity contribution in [1.82, 2.24) is 0 Å². The van der Waals surface area contributed by atoms with Gasteiger partial charge < -0.3 is 0 Å². The van der Waals surface area contributed by atoms with Crippen molar-refractivity contribution in [1.29, 1.82) is 0 Å².